The summed E-state index contributed by atoms with van der Waals surface area (Å²) in [6, 6.07) is 6.46. The van der Waals surface area contributed by atoms with Crippen molar-refractivity contribution >= 4 is 22.5 Å². The maximum atomic E-state index is 13.2. The van der Waals surface area contributed by atoms with Gasteiger partial charge in [0, 0.05) is 22.9 Å². The quantitative estimate of drug-likeness (QED) is 0.721. The predicted octanol–water partition coefficient (Wildman–Crippen LogP) is 4.51. The summed E-state index contributed by atoms with van der Waals surface area (Å²) >= 11 is 1.52. The van der Waals surface area contributed by atoms with Crippen LogP contribution in [0.25, 0.3) is 4.91 Å². The van der Waals surface area contributed by atoms with E-state index in [2.05, 4.69) is 23.9 Å². The zero-order valence-corrected chi connectivity index (χ0v) is 14.2. The van der Waals surface area contributed by atoms with Crippen molar-refractivity contribution in [3.8, 4) is 0 Å². The summed E-state index contributed by atoms with van der Waals surface area (Å²) in [7, 11) is 0. The van der Waals surface area contributed by atoms with Crippen LogP contribution >= 0.6 is 11.8 Å². The molecule has 3 nitrogen and oxygen atoms in total. The third-order valence-electron chi connectivity index (χ3n) is 3.35. The molecule has 0 saturated heterocycles. The van der Waals surface area contributed by atoms with Gasteiger partial charge in [-0.05, 0) is 30.2 Å². The first-order chi connectivity index (χ1) is 11.1. The molecule has 1 aromatic carbocycles. The number of carbonyl (C=O) groups excluding carboxylic acids is 1. The molecule has 0 radical (unpaired) electrons. The second-order valence-electron chi connectivity index (χ2n) is 5.22. The van der Waals surface area contributed by atoms with Crippen LogP contribution in [-0.2, 0) is 4.79 Å². The van der Waals surface area contributed by atoms with E-state index in [0.29, 0.717) is 5.70 Å². The molecule has 23 heavy (non-hydrogen) atoms. The number of thioether (sulfide) groups is 1. The molecule has 0 amide bonds. The van der Waals surface area contributed by atoms with E-state index < -0.39 is 0 Å². The number of halogens is 1. The molecule has 0 fully saturated rings. The normalized spacial score (nSPS) is 14.5. The molecule has 2 rings (SSSR count). The van der Waals surface area contributed by atoms with Crippen LogP contribution in [0, 0.1) is 5.82 Å². The Bertz CT molecular complexity index is 647. The summed E-state index contributed by atoms with van der Waals surface area (Å²) in [6.45, 7) is 3.68. The molecule has 1 aliphatic rings. The predicted molar refractivity (Wildman–Crippen MR) is 94.6 cm³/mol. The molecule has 0 unspecified atom stereocenters. The maximum absolute atomic E-state index is 13.2. The molecule has 1 heterocycles. The number of allylic oxidation sites excluding steroid dienone is 3. The van der Waals surface area contributed by atoms with E-state index in [-0.39, 0.29) is 11.6 Å². The molecule has 5 heteroatoms. The lowest BCUT2D eigenvalue weighted by molar-refractivity contribution is -0.114. The van der Waals surface area contributed by atoms with Crippen molar-refractivity contribution in [2.45, 2.75) is 33.1 Å². The average Bonchev–Trinajstić information content (AvgIpc) is 2.55. The molecule has 0 spiro atoms. The molecule has 0 aliphatic carbocycles. The molecular formula is C18H21FN2OS. The zero-order valence-electron chi connectivity index (χ0n) is 13.4. The number of nitrogens with one attached hydrogen (secondary N) is 2. The minimum atomic E-state index is -0.251. The van der Waals surface area contributed by atoms with Gasteiger partial charge in [-0.3, -0.25) is 10.2 Å². The fourth-order valence-corrected chi connectivity index (χ4v) is 3.24. The second-order valence-corrected chi connectivity index (χ2v) is 6.30. The van der Waals surface area contributed by atoms with Gasteiger partial charge in [0.1, 0.15) is 11.5 Å². The Balaban J connectivity index is 2.30. The Hall–Kier alpha value is -2.01. The van der Waals surface area contributed by atoms with Crippen LogP contribution < -0.4 is 10.9 Å². The summed E-state index contributed by atoms with van der Waals surface area (Å²) in [6.07, 6.45) is 8.94. The highest BCUT2D eigenvalue weighted by atomic mass is 32.2. The Labute approximate surface area is 140 Å². The van der Waals surface area contributed by atoms with Gasteiger partial charge in [-0.1, -0.05) is 49.7 Å². The first-order valence-electron chi connectivity index (χ1n) is 7.69. The number of benzene rings is 1. The smallest absolute Gasteiger partial charge is 0.178 e. The first kappa shape index (κ1) is 17.3. The minimum absolute atomic E-state index is 0.0311. The van der Waals surface area contributed by atoms with Crippen LogP contribution in [0.4, 0.5) is 4.39 Å². The second kappa shape index (κ2) is 8.58. The van der Waals surface area contributed by atoms with Crippen LogP contribution in [0.5, 0.6) is 0 Å². The van der Waals surface area contributed by atoms with E-state index in [1.54, 1.807) is 18.3 Å². The number of ketones is 1. The van der Waals surface area contributed by atoms with Crippen molar-refractivity contribution in [2.75, 3.05) is 0 Å². The molecule has 0 bridgehead atoms. The number of carbonyl (C=O) groups is 1. The third kappa shape index (κ3) is 4.99. The van der Waals surface area contributed by atoms with Gasteiger partial charge >= 0.3 is 0 Å². The highest BCUT2D eigenvalue weighted by Gasteiger charge is 2.15. The maximum Gasteiger partial charge on any atom is 0.178 e. The van der Waals surface area contributed by atoms with Crippen molar-refractivity contribution < 1.29 is 9.18 Å². The van der Waals surface area contributed by atoms with E-state index >= 15 is 0 Å². The van der Waals surface area contributed by atoms with Gasteiger partial charge in [-0.25, -0.2) is 4.39 Å². The van der Waals surface area contributed by atoms with Crippen molar-refractivity contribution in [3.05, 3.63) is 64.6 Å². The van der Waals surface area contributed by atoms with Crippen LogP contribution in [-0.4, -0.2) is 5.78 Å². The number of unbranched alkanes of at least 4 members (excludes halogenated alkanes) is 2. The summed E-state index contributed by atoms with van der Waals surface area (Å²) < 4.78 is 13.2. The van der Waals surface area contributed by atoms with E-state index in [1.165, 1.54) is 30.8 Å². The van der Waals surface area contributed by atoms with Crippen LogP contribution in [0.2, 0.25) is 0 Å². The van der Waals surface area contributed by atoms with Crippen molar-refractivity contribution in [2.24, 2.45) is 0 Å². The number of hydrogen-bond donors (Lipinski definition) is 2. The Morgan fingerprint density at radius 3 is 2.70 bits per heavy atom. The van der Waals surface area contributed by atoms with Crippen molar-refractivity contribution in [1.29, 1.82) is 0 Å². The standard InChI is InChI=1S/C18H21FN2OS/c1-3-4-5-6-16(14-7-9-15(19)10-8-14)23-17-11-12-20-21-18(17)13(2)22/h6-12,20-21H,3-5H2,1-2H3/b16-6+. The fraction of sp³-hybridized carbons (Fsp3) is 0.278. The van der Waals surface area contributed by atoms with Crippen LogP contribution in [0.3, 0.4) is 0 Å². The molecule has 122 valence electrons. The fourth-order valence-electron chi connectivity index (χ4n) is 2.11. The third-order valence-corrected chi connectivity index (χ3v) is 4.53. The number of rotatable bonds is 7. The van der Waals surface area contributed by atoms with Gasteiger partial charge in [0.2, 0.25) is 0 Å². The number of Topliss-reactive ketones (excluding diaryl/α,β-unsaturated/α-hetero) is 1. The summed E-state index contributed by atoms with van der Waals surface area (Å²) in [5.41, 5.74) is 7.21. The largest absolute Gasteiger partial charge is 0.308 e. The molecule has 1 aromatic rings. The highest BCUT2D eigenvalue weighted by molar-refractivity contribution is 8.12. The number of hydrogen-bond acceptors (Lipinski definition) is 4. The van der Waals surface area contributed by atoms with Gasteiger partial charge in [-0.2, -0.15) is 0 Å². The molecular weight excluding hydrogens is 311 g/mol. The van der Waals surface area contributed by atoms with E-state index in [4.69, 9.17) is 0 Å². The molecule has 0 aromatic heterocycles. The Morgan fingerprint density at radius 1 is 1.30 bits per heavy atom. The lowest BCUT2D eigenvalue weighted by Crippen LogP contribution is -2.32. The summed E-state index contributed by atoms with van der Waals surface area (Å²) in [4.78, 5) is 13.6. The minimum Gasteiger partial charge on any atom is -0.308 e. The Kier molecular flexibility index (Phi) is 6.47. The topological polar surface area (TPSA) is 41.1 Å². The zero-order chi connectivity index (χ0) is 16.7. The van der Waals surface area contributed by atoms with Gasteiger partial charge in [-0.15, -0.1) is 0 Å². The SMILES string of the molecule is CCCC/C=C(/SC1=C(C(C)=O)NNC=C1)c1ccc(F)cc1. The summed E-state index contributed by atoms with van der Waals surface area (Å²) in [5.74, 6) is -0.282. The van der Waals surface area contributed by atoms with Gasteiger partial charge in [0.05, 0.1) is 0 Å². The Morgan fingerprint density at radius 2 is 2.04 bits per heavy atom. The van der Waals surface area contributed by atoms with Crippen LogP contribution in [0.15, 0.2) is 53.2 Å². The highest BCUT2D eigenvalue weighted by Crippen LogP contribution is 2.36. The van der Waals surface area contributed by atoms with Gasteiger partial charge in [0.25, 0.3) is 0 Å². The van der Waals surface area contributed by atoms with Crippen LogP contribution in [0.1, 0.15) is 38.7 Å². The van der Waals surface area contributed by atoms with Crippen molar-refractivity contribution in [3.63, 3.8) is 0 Å². The molecule has 0 atom stereocenters. The number of hydrazine groups is 1. The van der Waals surface area contributed by atoms with E-state index in [1.807, 2.05) is 6.08 Å². The van der Waals surface area contributed by atoms with Gasteiger partial charge in [0.15, 0.2) is 5.78 Å². The monoisotopic (exact) mass is 332 g/mol. The lowest BCUT2D eigenvalue weighted by atomic mass is 10.1. The van der Waals surface area contributed by atoms with Gasteiger partial charge < -0.3 is 5.43 Å². The van der Waals surface area contributed by atoms with E-state index in [9.17, 15) is 9.18 Å². The average molecular weight is 332 g/mol. The van der Waals surface area contributed by atoms with E-state index in [0.717, 1.165) is 34.6 Å². The lowest BCUT2D eigenvalue weighted by Gasteiger charge is -2.18. The molecule has 0 saturated carbocycles. The van der Waals surface area contributed by atoms with Crippen molar-refractivity contribution in [1.82, 2.24) is 10.9 Å². The molecule has 1 aliphatic heterocycles. The molecule has 2 N–H and O–H groups in total. The first-order valence-corrected chi connectivity index (χ1v) is 8.50. The summed E-state index contributed by atoms with van der Waals surface area (Å²) in [5, 5.41) is 0.